The topological polar surface area (TPSA) is 78.5 Å². The van der Waals surface area contributed by atoms with Crippen molar-refractivity contribution in [1.82, 2.24) is 14.9 Å². The molecule has 0 saturated carbocycles. The lowest BCUT2D eigenvalue weighted by molar-refractivity contribution is -0.121. The van der Waals surface area contributed by atoms with Crippen LogP contribution in [0.2, 0.25) is 5.02 Å². The van der Waals surface area contributed by atoms with E-state index in [4.69, 9.17) is 11.6 Å². The minimum Gasteiger partial charge on any atom is -0.354 e. The van der Waals surface area contributed by atoms with E-state index in [2.05, 4.69) is 10.0 Å². The minimum atomic E-state index is -3.78. The van der Waals surface area contributed by atoms with Crippen molar-refractivity contribution in [3.8, 4) is 0 Å². The quantitative estimate of drug-likeness (QED) is 0.644. The summed E-state index contributed by atoms with van der Waals surface area (Å²) in [6, 6.07) is 12.0. The van der Waals surface area contributed by atoms with E-state index in [0.29, 0.717) is 6.54 Å². The number of carbonyl (C=O) groups excluding carboxylic acids is 1. The van der Waals surface area contributed by atoms with Gasteiger partial charge in [-0.3, -0.25) is 4.79 Å². The van der Waals surface area contributed by atoms with Gasteiger partial charge in [-0.25, -0.2) is 17.5 Å². The molecule has 0 fully saturated rings. The molecule has 6 nitrogen and oxygen atoms in total. The number of halogens is 2. The summed E-state index contributed by atoms with van der Waals surface area (Å²) in [5, 5.41) is 2.90. The molecular weight excluding hydrogens is 405 g/mol. The molecule has 0 aliphatic heterocycles. The summed E-state index contributed by atoms with van der Waals surface area (Å²) in [4.78, 5) is 14.0. The van der Waals surface area contributed by atoms with Gasteiger partial charge >= 0.3 is 0 Å². The predicted molar refractivity (Wildman–Crippen MR) is 107 cm³/mol. The number of nitrogens with zero attached hydrogens (tertiary/aromatic N) is 1. The lowest BCUT2D eigenvalue weighted by atomic mass is 10.1. The fraction of sp³-hybridized carbons (Fsp3) is 0.316. The van der Waals surface area contributed by atoms with Crippen molar-refractivity contribution >= 4 is 27.5 Å². The molecule has 0 aliphatic rings. The highest BCUT2D eigenvalue weighted by Crippen LogP contribution is 2.20. The maximum absolute atomic E-state index is 13.1. The monoisotopic (exact) mass is 427 g/mol. The normalized spacial score (nSPS) is 12.8. The number of carbonyl (C=O) groups is 1. The summed E-state index contributed by atoms with van der Waals surface area (Å²) in [6.45, 7) is 0.261. The maximum Gasteiger partial charge on any atom is 0.242 e. The van der Waals surface area contributed by atoms with Crippen LogP contribution >= 0.6 is 11.6 Å². The van der Waals surface area contributed by atoms with E-state index in [0.717, 1.165) is 5.56 Å². The lowest BCUT2D eigenvalue weighted by Crippen LogP contribution is -2.36. The fourth-order valence-corrected chi connectivity index (χ4v) is 4.17. The Morgan fingerprint density at radius 2 is 1.79 bits per heavy atom. The van der Waals surface area contributed by atoms with Crippen LogP contribution in [0.1, 0.15) is 18.0 Å². The molecule has 2 aromatic carbocycles. The Morgan fingerprint density at radius 3 is 2.39 bits per heavy atom. The zero-order valence-corrected chi connectivity index (χ0v) is 17.2. The first-order valence-corrected chi connectivity index (χ1v) is 10.5. The van der Waals surface area contributed by atoms with Gasteiger partial charge in [-0.2, -0.15) is 0 Å². The second-order valence-corrected chi connectivity index (χ2v) is 8.56. The standard InChI is InChI=1S/C19H23ClFN3O3S/c1-24(2)17(14-7-9-15(21)10-8-14)13-22-19(25)11-12-23-28(26,27)18-6-4-3-5-16(18)20/h3-10,17,23H,11-13H2,1-2H3,(H,22,25). The van der Waals surface area contributed by atoms with Crippen molar-refractivity contribution in [3.63, 3.8) is 0 Å². The molecule has 2 aromatic rings. The highest BCUT2D eigenvalue weighted by molar-refractivity contribution is 7.89. The minimum absolute atomic E-state index is 0.0206. The molecule has 1 unspecified atom stereocenters. The predicted octanol–water partition coefficient (Wildman–Crippen LogP) is 2.57. The van der Waals surface area contributed by atoms with Gasteiger partial charge in [0.05, 0.1) is 11.1 Å². The van der Waals surface area contributed by atoms with Crippen LogP contribution in [-0.2, 0) is 14.8 Å². The van der Waals surface area contributed by atoms with Crippen LogP contribution in [0, 0.1) is 5.82 Å². The van der Waals surface area contributed by atoms with Crippen molar-refractivity contribution in [2.75, 3.05) is 27.2 Å². The average Bonchev–Trinajstić information content (AvgIpc) is 2.63. The Labute approximate surface area is 169 Å². The number of hydrogen-bond acceptors (Lipinski definition) is 4. The number of likely N-dealkylation sites (N-methyl/N-ethyl adjacent to an activating group) is 1. The zero-order chi connectivity index (χ0) is 20.7. The molecule has 0 bridgehead atoms. The van der Waals surface area contributed by atoms with Gasteiger partial charge in [-0.1, -0.05) is 35.9 Å². The summed E-state index contributed by atoms with van der Waals surface area (Å²) in [5.41, 5.74) is 0.867. The smallest absolute Gasteiger partial charge is 0.242 e. The van der Waals surface area contributed by atoms with Gasteiger partial charge in [-0.05, 0) is 43.9 Å². The molecule has 152 valence electrons. The van der Waals surface area contributed by atoms with Crippen LogP contribution in [0.15, 0.2) is 53.4 Å². The van der Waals surface area contributed by atoms with Crippen LogP contribution in [0.5, 0.6) is 0 Å². The molecule has 2 N–H and O–H groups in total. The van der Waals surface area contributed by atoms with Crippen molar-refractivity contribution in [1.29, 1.82) is 0 Å². The highest BCUT2D eigenvalue weighted by atomic mass is 35.5. The van der Waals surface area contributed by atoms with Gasteiger partial charge < -0.3 is 10.2 Å². The maximum atomic E-state index is 13.1. The summed E-state index contributed by atoms with van der Waals surface area (Å²) >= 11 is 5.91. The molecule has 0 aliphatic carbocycles. The molecule has 0 saturated heterocycles. The SMILES string of the molecule is CN(C)C(CNC(=O)CCNS(=O)(=O)c1ccccc1Cl)c1ccc(F)cc1. The molecule has 1 atom stereocenters. The van der Waals surface area contributed by atoms with E-state index < -0.39 is 10.0 Å². The molecule has 1 amide bonds. The van der Waals surface area contributed by atoms with Gasteiger partial charge in [0.1, 0.15) is 10.7 Å². The fourth-order valence-electron chi connectivity index (χ4n) is 2.62. The Hall–Kier alpha value is -2.00. The second kappa shape index (κ2) is 9.97. The first-order chi connectivity index (χ1) is 13.2. The van der Waals surface area contributed by atoms with E-state index in [1.807, 2.05) is 19.0 Å². The van der Waals surface area contributed by atoms with Crippen molar-refractivity contribution in [2.24, 2.45) is 0 Å². The molecule has 0 aromatic heterocycles. The first-order valence-electron chi connectivity index (χ1n) is 8.63. The average molecular weight is 428 g/mol. The third-order valence-corrected chi connectivity index (χ3v) is 6.10. The van der Waals surface area contributed by atoms with E-state index in [1.165, 1.54) is 24.3 Å². The molecule has 0 heterocycles. The lowest BCUT2D eigenvalue weighted by Gasteiger charge is -2.25. The molecule has 9 heteroatoms. The van der Waals surface area contributed by atoms with E-state index in [9.17, 15) is 17.6 Å². The number of benzene rings is 2. The van der Waals surface area contributed by atoms with Gasteiger partial charge in [0, 0.05) is 19.5 Å². The molecule has 28 heavy (non-hydrogen) atoms. The van der Waals surface area contributed by atoms with Crippen LogP contribution in [-0.4, -0.2) is 46.4 Å². The Kier molecular flexibility index (Phi) is 7.94. The van der Waals surface area contributed by atoms with Crippen molar-refractivity contribution in [3.05, 3.63) is 64.9 Å². The molecule has 0 radical (unpaired) electrons. The van der Waals surface area contributed by atoms with Crippen LogP contribution in [0.4, 0.5) is 4.39 Å². The Balaban J connectivity index is 1.86. The van der Waals surface area contributed by atoms with Crippen molar-refractivity contribution < 1.29 is 17.6 Å². The number of nitrogens with one attached hydrogen (secondary N) is 2. The second-order valence-electron chi connectivity index (χ2n) is 6.41. The number of hydrogen-bond donors (Lipinski definition) is 2. The van der Waals surface area contributed by atoms with E-state index >= 15 is 0 Å². The van der Waals surface area contributed by atoms with Gasteiger partial charge in [-0.15, -0.1) is 0 Å². The molecular formula is C19H23ClFN3O3S. The Bertz CT molecular complexity index is 905. The van der Waals surface area contributed by atoms with E-state index in [-0.39, 0.29) is 40.6 Å². The highest BCUT2D eigenvalue weighted by Gasteiger charge is 2.18. The van der Waals surface area contributed by atoms with Crippen molar-refractivity contribution in [2.45, 2.75) is 17.4 Å². The van der Waals surface area contributed by atoms with Gasteiger partial charge in [0.25, 0.3) is 0 Å². The van der Waals surface area contributed by atoms with Crippen LogP contribution in [0.25, 0.3) is 0 Å². The third-order valence-electron chi connectivity index (χ3n) is 4.14. The zero-order valence-electron chi connectivity index (χ0n) is 15.7. The van der Waals surface area contributed by atoms with Crippen LogP contribution < -0.4 is 10.0 Å². The van der Waals surface area contributed by atoms with Crippen LogP contribution in [0.3, 0.4) is 0 Å². The van der Waals surface area contributed by atoms with Gasteiger partial charge in [0.2, 0.25) is 15.9 Å². The van der Waals surface area contributed by atoms with E-state index in [1.54, 1.807) is 24.3 Å². The summed E-state index contributed by atoms with van der Waals surface area (Å²) in [5.74, 6) is -0.619. The number of rotatable bonds is 9. The largest absolute Gasteiger partial charge is 0.354 e. The Morgan fingerprint density at radius 1 is 1.14 bits per heavy atom. The molecule has 2 rings (SSSR count). The summed E-state index contributed by atoms with van der Waals surface area (Å²) in [7, 11) is -0.0660. The molecule has 0 spiro atoms. The first kappa shape index (κ1) is 22.3. The number of sulfonamides is 1. The summed E-state index contributed by atoms with van der Waals surface area (Å²) < 4.78 is 39.9. The summed E-state index contributed by atoms with van der Waals surface area (Å²) in [6.07, 6.45) is -0.0206. The third kappa shape index (κ3) is 6.27. The van der Waals surface area contributed by atoms with Gasteiger partial charge in [0.15, 0.2) is 0 Å². The number of amides is 1.